The third-order valence-corrected chi connectivity index (χ3v) is 2.13. The van der Waals surface area contributed by atoms with Crippen molar-refractivity contribution in [1.82, 2.24) is 5.32 Å². The van der Waals surface area contributed by atoms with E-state index in [4.69, 9.17) is 15.9 Å². The zero-order valence-corrected chi connectivity index (χ0v) is 9.48. The summed E-state index contributed by atoms with van der Waals surface area (Å²) in [5, 5.41) is 19.8. The third-order valence-electron chi connectivity index (χ3n) is 2.13. The van der Waals surface area contributed by atoms with Gasteiger partial charge < -0.3 is 21.3 Å². The summed E-state index contributed by atoms with van der Waals surface area (Å²) >= 11 is 0. The molecule has 0 saturated carbocycles. The van der Waals surface area contributed by atoms with Gasteiger partial charge in [0.25, 0.3) is 0 Å². The molecule has 0 bridgehead atoms. The molecular weight excluding hydrogens is 212 g/mol. The van der Waals surface area contributed by atoms with Gasteiger partial charge in [-0.25, -0.2) is 4.79 Å². The van der Waals surface area contributed by atoms with Gasteiger partial charge in [0.05, 0.1) is 0 Å². The Balaban J connectivity index is 3.62. The van der Waals surface area contributed by atoms with Crippen LogP contribution in [0.5, 0.6) is 0 Å². The molecule has 1 amide bonds. The van der Waals surface area contributed by atoms with Crippen molar-refractivity contribution in [2.45, 2.75) is 44.8 Å². The number of aliphatic carboxylic acids is 1. The summed E-state index contributed by atoms with van der Waals surface area (Å²) in [5.74, 6) is -1.49. The predicted octanol–water partition coefficient (Wildman–Crippen LogP) is -0.544. The molecule has 6 heteroatoms. The zero-order chi connectivity index (χ0) is 12.6. The molecule has 2 atom stereocenters. The summed E-state index contributed by atoms with van der Waals surface area (Å²) in [4.78, 5) is 21.5. The fourth-order valence-electron chi connectivity index (χ4n) is 1.25. The number of aliphatic hydroxyl groups excluding tert-OH is 1. The molecule has 0 aliphatic rings. The van der Waals surface area contributed by atoms with Crippen LogP contribution in [-0.4, -0.2) is 40.8 Å². The highest BCUT2D eigenvalue weighted by Crippen LogP contribution is 1.98. The Bertz CT molecular complexity index is 233. The molecule has 5 N–H and O–H groups in total. The average molecular weight is 232 g/mol. The molecule has 0 aliphatic carbocycles. The number of carbonyl (C=O) groups excluding carboxylic acids is 1. The normalized spacial score (nSPS) is 14.2. The molecule has 94 valence electrons. The highest BCUT2D eigenvalue weighted by molar-refractivity contribution is 5.76. The fourth-order valence-corrected chi connectivity index (χ4v) is 1.25. The first-order chi connectivity index (χ1) is 7.47. The van der Waals surface area contributed by atoms with E-state index in [0.29, 0.717) is 0 Å². The average Bonchev–Trinajstić information content (AvgIpc) is 2.17. The number of hydrogen-bond acceptors (Lipinski definition) is 4. The fraction of sp³-hybridized carbons (Fsp3) is 0.800. The van der Waals surface area contributed by atoms with Crippen molar-refractivity contribution in [1.29, 1.82) is 0 Å². The number of carbonyl (C=O) groups is 2. The van der Waals surface area contributed by atoms with Gasteiger partial charge in [0.1, 0.15) is 0 Å². The maximum absolute atomic E-state index is 11.3. The smallest absolute Gasteiger partial charge is 0.332 e. The second-order valence-electron chi connectivity index (χ2n) is 3.75. The highest BCUT2D eigenvalue weighted by atomic mass is 16.4. The molecule has 6 nitrogen and oxygen atoms in total. The first-order valence-electron chi connectivity index (χ1n) is 5.40. The lowest BCUT2D eigenvalue weighted by atomic mass is 10.1. The van der Waals surface area contributed by atoms with Crippen molar-refractivity contribution in [2.24, 2.45) is 5.73 Å². The first kappa shape index (κ1) is 14.9. The van der Waals surface area contributed by atoms with Crippen molar-refractivity contribution in [3.63, 3.8) is 0 Å². The van der Waals surface area contributed by atoms with Gasteiger partial charge in [0.2, 0.25) is 5.91 Å². The molecular formula is C10H20N2O4. The van der Waals surface area contributed by atoms with Gasteiger partial charge >= 0.3 is 5.97 Å². The van der Waals surface area contributed by atoms with Crippen LogP contribution in [0, 0.1) is 0 Å². The monoisotopic (exact) mass is 232 g/mol. The predicted molar refractivity (Wildman–Crippen MR) is 58.8 cm³/mol. The maximum Gasteiger partial charge on any atom is 0.332 e. The van der Waals surface area contributed by atoms with Gasteiger partial charge in [-0.3, -0.25) is 4.79 Å². The molecule has 0 rings (SSSR count). The summed E-state index contributed by atoms with van der Waals surface area (Å²) in [6.07, 6.45) is 0.517. The van der Waals surface area contributed by atoms with E-state index in [1.54, 1.807) is 0 Å². The maximum atomic E-state index is 11.3. The first-order valence-corrected chi connectivity index (χ1v) is 5.40. The highest BCUT2D eigenvalue weighted by Gasteiger charge is 2.13. The second kappa shape index (κ2) is 8.06. The SMILES string of the molecule is CCCC(N)CC(=O)NCC[C@H](O)C(=O)O. The lowest BCUT2D eigenvalue weighted by molar-refractivity contribution is -0.147. The van der Waals surface area contributed by atoms with E-state index in [1.165, 1.54) is 0 Å². The topological polar surface area (TPSA) is 113 Å². The van der Waals surface area contributed by atoms with Crippen LogP contribution in [0.15, 0.2) is 0 Å². The van der Waals surface area contributed by atoms with E-state index in [1.807, 2.05) is 6.92 Å². The summed E-state index contributed by atoms with van der Waals surface area (Å²) < 4.78 is 0. The third kappa shape index (κ3) is 7.19. The number of nitrogens with two attached hydrogens (primary N) is 1. The van der Waals surface area contributed by atoms with Gasteiger partial charge in [-0.1, -0.05) is 13.3 Å². The number of hydrogen-bond donors (Lipinski definition) is 4. The molecule has 1 unspecified atom stereocenters. The van der Waals surface area contributed by atoms with Crippen LogP contribution in [0.25, 0.3) is 0 Å². The number of carboxylic acid groups (broad SMARTS) is 1. The van der Waals surface area contributed by atoms with E-state index in [-0.39, 0.29) is 31.3 Å². The number of nitrogens with one attached hydrogen (secondary N) is 1. The van der Waals surface area contributed by atoms with E-state index >= 15 is 0 Å². The van der Waals surface area contributed by atoms with Gasteiger partial charge in [-0.15, -0.1) is 0 Å². The Morgan fingerprint density at radius 1 is 1.38 bits per heavy atom. The van der Waals surface area contributed by atoms with E-state index in [2.05, 4.69) is 5.32 Å². The van der Waals surface area contributed by atoms with Crippen molar-refractivity contribution >= 4 is 11.9 Å². The zero-order valence-electron chi connectivity index (χ0n) is 9.48. The van der Waals surface area contributed by atoms with E-state index < -0.39 is 12.1 Å². The van der Waals surface area contributed by atoms with Crippen molar-refractivity contribution in [3.8, 4) is 0 Å². The second-order valence-corrected chi connectivity index (χ2v) is 3.75. The Labute approximate surface area is 94.8 Å². The summed E-state index contributed by atoms with van der Waals surface area (Å²) in [7, 11) is 0. The summed E-state index contributed by atoms with van der Waals surface area (Å²) in [6.45, 7) is 2.13. The van der Waals surface area contributed by atoms with Crippen molar-refractivity contribution in [3.05, 3.63) is 0 Å². The molecule has 0 aromatic carbocycles. The van der Waals surface area contributed by atoms with Crippen molar-refractivity contribution in [2.75, 3.05) is 6.54 Å². The number of aliphatic hydroxyl groups is 1. The van der Waals surface area contributed by atoms with Crippen LogP contribution >= 0.6 is 0 Å². The molecule has 0 spiro atoms. The lowest BCUT2D eigenvalue weighted by Crippen LogP contribution is -2.34. The number of carboxylic acids is 1. The quantitative estimate of drug-likeness (QED) is 0.449. The molecule has 16 heavy (non-hydrogen) atoms. The Hall–Kier alpha value is -1.14. The Kier molecular flexibility index (Phi) is 7.49. The largest absolute Gasteiger partial charge is 0.479 e. The van der Waals surface area contributed by atoms with Gasteiger partial charge in [0.15, 0.2) is 6.10 Å². The van der Waals surface area contributed by atoms with Crippen LogP contribution in [0.4, 0.5) is 0 Å². The van der Waals surface area contributed by atoms with Gasteiger partial charge in [-0.2, -0.15) is 0 Å². The molecule has 0 heterocycles. The molecule has 0 radical (unpaired) electrons. The standard InChI is InChI=1S/C10H20N2O4/c1-2-3-7(11)6-9(14)12-5-4-8(13)10(15)16/h7-8,13H,2-6,11H2,1H3,(H,12,14)(H,15,16)/t7?,8-/m0/s1. The van der Waals surface area contributed by atoms with Crippen molar-refractivity contribution < 1.29 is 19.8 Å². The van der Waals surface area contributed by atoms with Crippen LogP contribution in [0.2, 0.25) is 0 Å². The molecule has 0 aromatic rings. The van der Waals surface area contributed by atoms with Crippen LogP contribution in [-0.2, 0) is 9.59 Å². The Morgan fingerprint density at radius 2 is 2.00 bits per heavy atom. The molecule has 0 fully saturated rings. The molecule has 0 aromatic heterocycles. The van der Waals surface area contributed by atoms with Crippen LogP contribution < -0.4 is 11.1 Å². The number of rotatable bonds is 8. The molecule has 0 aliphatic heterocycles. The number of amides is 1. The summed E-state index contributed by atoms with van der Waals surface area (Å²) in [5.41, 5.74) is 5.66. The van der Waals surface area contributed by atoms with Crippen LogP contribution in [0.1, 0.15) is 32.6 Å². The van der Waals surface area contributed by atoms with E-state index in [9.17, 15) is 9.59 Å². The minimum atomic E-state index is -1.43. The van der Waals surface area contributed by atoms with Gasteiger partial charge in [0, 0.05) is 25.4 Å². The minimum Gasteiger partial charge on any atom is -0.479 e. The lowest BCUT2D eigenvalue weighted by Gasteiger charge is -2.11. The molecule has 0 saturated heterocycles. The van der Waals surface area contributed by atoms with E-state index in [0.717, 1.165) is 12.8 Å². The Morgan fingerprint density at radius 3 is 2.50 bits per heavy atom. The van der Waals surface area contributed by atoms with Crippen LogP contribution in [0.3, 0.4) is 0 Å². The van der Waals surface area contributed by atoms with Gasteiger partial charge in [-0.05, 0) is 6.42 Å². The minimum absolute atomic E-state index is 0.00406. The summed E-state index contributed by atoms with van der Waals surface area (Å²) in [6, 6.07) is -0.158.